The third kappa shape index (κ3) is 7.31. The largest absolute Gasteiger partial charge is 0.493 e. The third-order valence-corrected chi connectivity index (χ3v) is 4.60. The van der Waals surface area contributed by atoms with Gasteiger partial charge in [-0.3, -0.25) is 0 Å². The van der Waals surface area contributed by atoms with E-state index in [9.17, 15) is 0 Å². The van der Waals surface area contributed by atoms with Crippen molar-refractivity contribution in [2.75, 3.05) is 13.2 Å². The number of para-hydroxylation sites is 1. The van der Waals surface area contributed by atoms with E-state index >= 15 is 0 Å². The molecule has 2 nitrogen and oxygen atoms in total. The van der Waals surface area contributed by atoms with Gasteiger partial charge in [0.05, 0.1) is 6.61 Å². The average molecular weight is 340 g/mol. The molecule has 2 aromatic rings. The fourth-order valence-corrected chi connectivity index (χ4v) is 3.05. The average Bonchev–Trinajstić information content (AvgIpc) is 2.65. The van der Waals surface area contributed by atoms with Crippen LogP contribution in [0.2, 0.25) is 0 Å². The van der Waals surface area contributed by atoms with E-state index in [4.69, 9.17) is 4.74 Å². The van der Waals surface area contributed by atoms with Crippen molar-refractivity contribution in [3.05, 3.63) is 65.7 Å². The predicted molar refractivity (Wildman–Crippen MR) is 107 cm³/mol. The maximum Gasteiger partial charge on any atom is 0.124 e. The van der Waals surface area contributed by atoms with Crippen LogP contribution in [0.25, 0.3) is 0 Å². The topological polar surface area (TPSA) is 21.3 Å². The second kappa shape index (κ2) is 11.7. The summed E-state index contributed by atoms with van der Waals surface area (Å²) in [6, 6.07) is 19.3. The molecular formula is C23H33NO. The van der Waals surface area contributed by atoms with Gasteiger partial charge >= 0.3 is 0 Å². The van der Waals surface area contributed by atoms with Gasteiger partial charge in [0.15, 0.2) is 0 Å². The molecule has 0 aliphatic heterocycles. The van der Waals surface area contributed by atoms with Gasteiger partial charge in [-0.25, -0.2) is 0 Å². The summed E-state index contributed by atoms with van der Waals surface area (Å²) < 4.78 is 6.06. The van der Waals surface area contributed by atoms with E-state index in [1.807, 2.05) is 0 Å². The highest BCUT2D eigenvalue weighted by atomic mass is 16.5. The van der Waals surface area contributed by atoms with Crippen LogP contribution in [0.4, 0.5) is 0 Å². The highest BCUT2D eigenvalue weighted by Gasteiger charge is 2.10. The van der Waals surface area contributed by atoms with E-state index in [0.29, 0.717) is 6.04 Å². The van der Waals surface area contributed by atoms with Crippen molar-refractivity contribution >= 4 is 0 Å². The molecule has 0 saturated heterocycles. The molecule has 0 spiro atoms. The SMILES string of the molecule is CCCCCCCOc1ccccc1C(C)NCCc1ccccc1. The first-order valence-electron chi connectivity index (χ1n) is 9.80. The van der Waals surface area contributed by atoms with Gasteiger partial charge < -0.3 is 10.1 Å². The van der Waals surface area contributed by atoms with Crippen LogP contribution in [0.15, 0.2) is 54.6 Å². The number of ether oxygens (including phenoxy) is 1. The molecule has 25 heavy (non-hydrogen) atoms. The molecule has 2 rings (SSSR count). The summed E-state index contributed by atoms with van der Waals surface area (Å²) in [5, 5.41) is 3.63. The first-order valence-corrected chi connectivity index (χ1v) is 9.80. The van der Waals surface area contributed by atoms with Crippen molar-refractivity contribution in [3.8, 4) is 5.75 Å². The number of nitrogens with one attached hydrogen (secondary N) is 1. The van der Waals surface area contributed by atoms with E-state index in [1.165, 1.54) is 36.8 Å². The van der Waals surface area contributed by atoms with Crippen LogP contribution >= 0.6 is 0 Å². The summed E-state index contributed by atoms with van der Waals surface area (Å²) in [5.74, 6) is 1.03. The molecule has 2 aromatic carbocycles. The zero-order valence-electron chi connectivity index (χ0n) is 15.8. The van der Waals surface area contributed by atoms with Crippen LogP contribution < -0.4 is 10.1 Å². The van der Waals surface area contributed by atoms with Gasteiger partial charge in [-0.15, -0.1) is 0 Å². The number of benzene rings is 2. The molecule has 0 aliphatic rings. The maximum atomic E-state index is 6.06. The van der Waals surface area contributed by atoms with Crippen molar-refractivity contribution in [2.45, 2.75) is 58.4 Å². The van der Waals surface area contributed by atoms with E-state index in [2.05, 4.69) is 73.8 Å². The molecule has 2 heteroatoms. The lowest BCUT2D eigenvalue weighted by atomic mass is 10.1. The first-order chi connectivity index (χ1) is 12.3. The van der Waals surface area contributed by atoms with Gasteiger partial charge in [0.1, 0.15) is 5.75 Å². The zero-order chi connectivity index (χ0) is 17.7. The van der Waals surface area contributed by atoms with Crippen molar-refractivity contribution in [1.82, 2.24) is 5.32 Å². The minimum absolute atomic E-state index is 0.292. The van der Waals surface area contributed by atoms with Crippen molar-refractivity contribution in [1.29, 1.82) is 0 Å². The molecule has 1 unspecified atom stereocenters. The van der Waals surface area contributed by atoms with Crippen LogP contribution in [0.5, 0.6) is 5.75 Å². The van der Waals surface area contributed by atoms with Gasteiger partial charge in [0.2, 0.25) is 0 Å². The van der Waals surface area contributed by atoms with Crippen LogP contribution in [0.3, 0.4) is 0 Å². The summed E-state index contributed by atoms with van der Waals surface area (Å²) in [7, 11) is 0. The second-order valence-electron chi connectivity index (χ2n) is 6.71. The predicted octanol–water partition coefficient (Wildman–Crippen LogP) is 5.93. The van der Waals surface area contributed by atoms with Crippen LogP contribution in [0, 0.1) is 0 Å². The summed E-state index contributed by atoms with van der Waals surface area (Å²) in [6.07, 6.45) is 7.39. The molecule has 0 amide bonds. The number of hydrogen-bond acceptors (Lipinski definition) is 2. The van der Waals surface area contributed by atoms with Gasteiger partial charge in [-0.1, -0.05) is 81.1 Å². The Labute approximate surface area is 153 Å². The molecule has 1 N–H and O–H groups in total. The fraction of sp³-hybridized carbons (Fsp3) is 0.478. The molecule has 0 heterocycles. The standard InChI is InChI=1S/C23H33NO/c1-3-4-5-6-12-19-25-23-16-11-10-15-22(23)20(2)24-18-17-21-13-8-7-9-14-21/h7-11,13-16,20,24H,3-6,12,17-19H2,1-2H3. The Morgan fingerprint density at radius 2 is 1.60 bits per heavy atom. The third-order valence-electron chi connectivity index (χ3n) is 4.60. The van der Waals surface area contributed by atoms with Crippen molar-refractivity contribution in [2.24, 2.45) is 0 Å². The fourth-order valence-electron chi connectivity index (χ4n) is 3.05. The van der Waals surface area contributed by atoms with E-state index < -0.39 is 0 Å². The van der Waals surface area contributed by atoms with Crippen LogP contribution in [0.1, 0.15) is 63.1 Å². The monoisotopic (exact) mass is 339 g/mol. The van der Waals surface area contributed by atoms with E-state index in [-0.39, 0.29) is 0 Å². The summed E-state index contributed by atoms with van der Waals surface area (Å²) >= 11 is 0. The maximum absolute atomic E-state index is 6.06. The highest BCUT2D eigenvalue weighted by Crippen LogP contribution is 2.25. The number of rotatable bonds is 12. The smallest absolute Gasteiger partial charge is 0.124 e. The summed E-state index contributed by atoms with van der Waals surface area (Å²) in [6.45, 7) is 6.25. The molecule has 0 aliphatic carbocycles. The van der Waals surface area contributed by atoms with Gasteiger partial charge in [-0.05, 0) is 37.9 Å². The molecule has 0 aromatic heterocycles. The van der Waals surface area contributed by atoms with Gasteiger partial charge in [-0.2, -0.15) is 0 Å². The minimum Gasteiger partial charge on any atom is -0.493 e. The van der Waals surface area contributed by atoms with E-state index in [0.717, 1.165) is 31.7 Å². The number of unbranched alkanes of at least 4 members (excludes halogenated alkanes) is 4. The van der Waals surface area contributed by atoms with Crippen molar-refractivity contribution in [3.63, 3.8) is 0 Å². The summed E-state index contributed by atoms with van der Waals surface area (Å²) in [4.78, 5) is 0. The number of hydrogen-bond donors (Lipinski definition) is 1. The quantitative estimate of drug-likeness (QED) is 0.484. The molecule has 0 saturated carbocycles. The lowest BCUT2D eigenvalue weighted by Crippen LogP contribution is -2.22. The highest BCUT2D eigenvalue weighted by molar-refractivity contribution is 5.35. The zero-order valence-corrected chi connectivity index (χ0v) is 15.8. The Kier molecular flexibility index (Phi) is 9.14. The minimum atomic E-state index is 0.292. The van der Waals surface area contributed by atoms with Crippen LogP contribution in [-0.4, -0.2) is 13.2 Å². The Bertz CT molecular complexity index is 582. The molecular weight excluding hydrogens is 306 g/mol. The lowest BCUT2D eigenvalue weighted by molar-refractivity contribution is 0.299. The Balaban J connectivity index is 1.77. The normalized spacial score (nSPS) is 12.1. The van der Waals surface area contributed by atoms with E-state index in [1.54, 1.807) is 0 Å². The molecule has 0 radical (unpaired) electrons. The first kappa shape index (κ1) is 19.5. The Hall–Kier alpha value is -1.80. The lowest BCUT2D eigenvalue weighted by Gasteiger charge is -2.18. The summed E-state index contributed by atoms with van der Waals surface area (Å²) in [5.41, 5.74) is 2.63. The van der Waals surface area contributed by atoms with Crippen molar-refractivity contribution < 1.29 is 4.74 Å². The van der Waals surface area contributed by atoms with Gasteiger partial charge in [0, 0.05) is 11.6 Å². The second-order valence-corrected chi connectivity index (χ2v) is 6.71. The van der Waals surface area contributed by atoms with Crippen LogP contribution in [-0.2, 0) is 6.42 Å². The Morgan fingerprint density at radius 3 is 2.40 bits per heavy atom. The Morgan fingerprint density at radius 1 is 0.880 bits per heavy atom. The van der Waals surface area contributed by atoms with Gasteiger partial charge in [0.25, 0.3) is 0 Å². The molecule has 136 valence electrons. The molecule has 1 atom stereocenters. The molecule has 0 bridgehead atoms. The molecule has 0 fully saturated rings.